The predicted molar refractivity (Wildman–Crippen MR) is 68.7 cm³/mol. The fraction of sp³-hybridized carbons (Fsp3) is 0.333. The van der Waals surface area contributed by atoms with E-state index in [1.54, 1.807) is 11.8 Å². The molecular weight excluding hydrogens is 234 g/mol. The number of thioether (sulfide) groups is 1. The Morgan fingerprint density at radius 2 is 2.06 bits per heavy atom. The highest BCUT2D eigenvalue weighted by Gasteiger charge is 2.13. The molecule has 0 fully saturated rings. The summed E-state index contributed by atoms with van der Waals surface area (Å²) in [6.07, 6.45) is 2.84. The van der Waals surface area contributed by atoms with Gasteiger partial charge in [0.25, 0.3) is 5.89 Å². The first-order valence-corrected chi connectivity index (χ1v) is 6.70. The van der Waals surface area contributed by atoms with Gasteiger partial charge in [-0.25, -0.2) is 0 Å². The second-order valence-electron chi connectivity index (χ2n) is 3.70. The topological polar surface area (TPSA) is 64.9 Å². The van der Waals surface area contributed by atoms with Crippen molar-refractivity contribution < 1.29 is 4.52 Å². The van der Waals surface area contributed by atoms with Gasteiger partial charge in [0.15, 0.2) is 5.82 Å². The number of hydrogen-bond acceptors (Lipinski definition) is 5. The van der Waals surface area contributed by atoms with E-state index >= 15 is 0 Å². The fourth-order valence-electron chi connectivity index (χ4n) is 1.42. The molecule has 2 N–H and O–H groups in total. The predicted octanol–water partition coefficient (Wildman–Crippen LogP) is 2.87. The molecule has 1 aromatic heterocycles. The van der Waals surface area contributed by atoms with Crippen LogP contribution in [0.1, 0.15) is 25.2 Å². The van der Waals surface area contributed by atoms with Crippen LogP contribution in [0.25, 0.3) is 11.5 Å². The average Bonchev–Trinajstić information content (AvgIpc) is 2.87. The molecule has 0 radical (unpaired) electrons. The van der Waals surface area contributed by atoms with E-state index in [1.807, 2.05) is 37.4 Å². The molecule has 0 saturated heterocycles. The average molecular weight is 249 g/mol. The van der Waals surface area contributed by atoms with E-state index in [9.17, 15) is 0 Å². The summed E-state index contributed by atoms with van der Waals surface area (Å²) in [5.74, 6) is 1.09. The van der Waals surface area contributed by atoms with Gasteiger partial charge in [-0.05, 0) is 36.9 Å². The quantitative estimate of drug-likeness (QED) is 0.844. The Bertz CT molecular complexity index is 481. The van der Waals surface area contributed by atoms with Crippen LogP contribution in [0.15, 0.2) is 33.7 Å². The van der Waals surface area contributed by atoms with Crippen molar-refractivity contribution in [2.75, 3.05) is 6.26 Å². The lowest BCUT2D eigenvalue weighted by molar-refractivity contribution is 0.415. The van der Waals surface area contributed by atoms with Gasteiger partial charge in [-0.1, -0.05) is 12.1 Å². The molecular formula is C12H15N3OS. The van der Waals surface area contributed by atoms with Crippen molar-refractivity contribution in [2.45, 2.75) is 24.3 Å². The number of rotatable bonds is 4. The molecule has 0 aliphatic heterocycles. The Kier molecular flexibility index (Phi) is 3.81. The van der Waals surface area contributed by atoms with Crippen LogP contribution < -0.4 is 5.73 Å². The van der Waals surface area contributed by atoms with Crippen LogP contribution in [0.5, 0.6) is 0 Å². The lowest BCUT2D eigenvalue weighted by Gasteiger charge is -1.99. The summed E-state index contributed by atoms with van der Waals surface area (Å²) in [5.41, 5.74) is 6.76. The highest BCUT2D eigenvalue weighted by atomic mass is 32.2. The van der Waals surface area contributed by atoms with Crippen molar-refractivity contribution in [3.63, 3.8) is 0 Å². The second kappa shape index (κ2) is 5.33. The Balaban J connectivity index is 2.24. The molecule has 0 amide bonds. The van der Waals surface area contributed by atoms with Gasteiger partial charge in [0.2, 0.25) is 0 Å². The summed E-state index contributed by atoms with van der Waals surface area (Å²) in [6.45, 7) is 1.99. The van der Waals surface area contributed by atoms with E-state index in [4.69, 9.17) is 10.3 Å². The molecule has 0 aliphatic carbocycles. The summed E-state index contributed by atoms with van der Waals surface area (Å²) in [6, 6.07) is 7.85. The highest BCUT2D eigenvalue weighted by molar-refractivity contribution is 7.98. The van der Waals surface area contributed by atoms with Gasteiger partial charge in [-0.2, -0.15) is 4.98 Å². The normalized spacial score (nSPS) is 12.6. The standard InChI is InChI=1S/C12H15N3OS/c1-3-10(13)11-14-12(16-15-11)8-4-6-9(17-2)7-5-8/h4-7,10H,3,13H2,1-2H3. The molecule has 0 bridgehead atoms. The summed E-state index contributed by atoms with van der Waals surface area (Å²) in [5, 5.41) is 3.89. The summed E-state index contributed by atoms with van der Waals surface area (Å²) < 4.78 is 5.20. The maximum absolute atomic E-state index is 5.84. The van der Waals surface area contributed by atoms with E-state index < -0.39 is 0 Å². The van der Waals surface area contributed by atoms with E-state index in [-0.39, 0.29) is 6.04 Å². The number of aromatic nitrogens is 2. The molecule has 0 saturated carbocycles. The third-order valence-corrected chi connectivity index (χ3v) is 3.29. The molecule has 1 heterocycles. The number of nitrogens with zero attached hydrogens (tertiary/aromatic N) is 2. The molecule has 4 nitrogen and oxygen atoms in total. The van der Waals surface area contributed by atoms with Crippen LogP contribution in [-0.4, -0.2) is 16.4 Å². The third-order valence-electron chi connectivity index (χ3n) is 2.55. The van der Waals surface area contributed by atoms with Crippen LogP contribution >= 0.6 is 11.8 Å². The minimum absolute atomic E-state index is 0.155. The first-order chi connectivity index (χ1) is 8.24. The van der Waals surface area contributed by atoms with Gasteiger partial charge in [0, 0.05) is 10.5 Å². The van der Waals surface area contributed by atoms with Crippen LogP contribution in [0.3, 0.4) is 0 Å². The molecule has 5 heteroatoms. The molecule has 2 aromatic rings. The van der Waals surface area contributed by atoms with E-state index in [2.05, 4.69) is 10.1 Å². The molecule has 2 rings (SSSR count). The summed E-state index contributed by atoms with van der Waals surface area (Å²) in [7, 11) is 0. The highest BCUT2D eigenvalue weighted by Crippen LogP contribution is 2.22. The number of nitrogens with two attached hydrogens (primary N) is 1. The molecule has 1 aromatic carbocycles. The SMILES string of the molecule is CCC(N)c1noc(-c2ccc(SC)cc2)n1. The van der Waals surface area contributed by atoms with Crippen LogP contribution in [-0.2, 0) is 0 Å². The van der Waals surface area contributed by atoms with Crippen molar-refractivity contribution >= 4 is 11.8 Å². The minimum Gasteiger partial charge on any atom is -0.334 e. The van der Waals surface area contributed by atoms with Crippen molar-refractivity contribution in [3.05, 3.63) is 30.1 Å². The van der Waals surface area contributed by atoms with E-state index in [0.717, 1.165) is 12.0 Å². The second-order valence-corrected chi connectivity index (χ2v) is 4.58. The maximum atomic E-state index is 5.84. The Morgan fingerprint density at radius 1 is 1.35 bits per heavy atom. The van der Waals surface area contributed by atoms with Crippen molar-refractivity contribution in [1.82, 2.24) is 10.1 Å². The zero-order chi connectivity index (χ0) is 12.3. The maximum Gasteiger partial charge on any atom is 0.257 e. The Hall–Kier alpha value is -1.33. The van der Waals surface area contributed by atoms with Gasteiger partial charge >= 0.3 is 0 Å². The number of benzene rings is 1. The minimum atomic E-state index is -0.155. The van der Waals surface area contributed by atoms with Gasteiger partial charge in [0.1, 0.15) is 0 Å². The first-order valence-electron chi connectivity index (χ1n) is 5.48. The third kappa shape index (κ3) is 2.68. The first kappa shape index (κ1) is 12.1. The molecule has 1 unspecified atom stereocenters. The van der Waals surface area contributed by atoms with Gasteiger partial charge in [-0.15, -0.1) is 11.8 Å². The zero-order valence-electron chi connectivity index (χ0n) is 9.88. The molecule has 1 atom stereocenters. The van der Waals surface area contributed by atoms with Crippen molar-refractivity contribution in [2.24, 2.45) is 5.73 Å². The summed E-state index contributed by atoms with van der Waals surface area (Å²) in [4.78, 5) is 5.50. The molecule has 90 valence electrons. The van der Waals surface area contributed by atoms with Gasteiger partial charge < -0.3 is 10.3 Å². The Morgan fingerprint density at radius 3 is 2.65 bits per heavy atom. The zero-order valence-corrected chi connectivity index (χ0v) is 10.7. The lowest BCUT2D eigenvalue weighted by atomic mass is 10.2. The molecule has 0 aliphatic rings. The van der Waals surface area contributed by atoms with Crippen molar-refractivity contribution in [1.29, 1.82) is 0 Å². The molecule has 0 spiro atoms. The van der Waals surface area contributed by atoms with Crippen LogP contribution in [0, 0.1) is 0 Å². The fourth-order valence-corrected chi connectivity index (χ4v) is 1.83. The molecule has 17 heavy (non-hydrogen) atoms. The Labute approximate surface area is 105 Å². The van der Waals surface area contributed by atoms with Crippen molar-refractivity contribution in [3.8, 4) is 11.5 Å². The lowest BCUT2D eigenvalue weighted by Crippen LogP contribution is -2.10. The van der Waals surface area contributed by atoms with E-state index in [0.29, 0.717) is 11.7 Å². The van der Waals surface area contributed by atoms with Crippen LogP contribution in [0.4, 0.5) is 0 Å². The largest absolute Gasteiger partial charge is 0.334 e. The monoisotopic (exact) mass is 249 g/mol. The number of hydrogen-bond donors (Lipinski definition) is 1. The summed E-state index contributed by atoms with van der Waals surface area (Å²) >= 11 is 1.70. The van der Waals surface area contributed by atoms with E-state index in [1.165, 1.54) is 4.90 Å². The van der Waals surface area contributed by atoms with Gasteiger partial charge in [0.05, 0.1) is 6.04 Å². The smallest absolute Gasteiger partial charge is 0.257 e. The van der Waals surface area contributed by atoms with Gasteiger partial charge in [-0.3, -0.25) is 0 Å². The van der Waals surface area contributed by atoms with Crippen LogP contribution in [0.2, 0.25) is 0 Å².